The average molecular weight is 305 g/mol. The lowest BCUT2D eigenvalue weighted by Gasteiger charge is -2.24. The second-order valence-corrected chi connectivity index (χ2v) is 6.79. The summed E-state index contributed by atoms with van der Waals surface area (Å²) in [5, 5.41) is 9.26. The Morgan fingerprint density at radius 2 is 2.29 bits per heavy atom. The minimum absolute atomic E-state index is 0.430. The molecular formula is C15H23N5S. The molecule has 2 heterocycles. The number of aromatic nitrogens is 3. The van der Waals surface area contributed by atoms with Gasteiger partial charge in [-0.15, -0.1) is 11.3 Å². The molecule has 1 N–H and O–H groups in total. The Labute approximate surface area is 130 Å². The maximum Gasteiger partial charge on any atom is 0.185 e. The smallest absolute Gasteiger partial charge is 0.185 e. The molecule has 1 atom stereocenters. The Kier molecular flexibility index (Phi) is 4.26. The van der Waals surface area contributed by atoms with Gasteiger partial charge in [-0.3, -0.25) is 4.68 Å². The van der Waals surface area contributed by atoms with Gasteiger partial charge in [0.2, 0.25) is 0 Å². The molecule has 0 aromatic carbocycles. The molecule has 0 spiro atoms. The van der Waals surface area contributed by atoms with Crippen LogP contribution in [0, 0.1) is 0 Å². The maximum atomic E-state index is 4.51. The van der Waals surface area contributed by atoms with Crippen LogP contribution in [0.1, 0.15) is 41.9 Å². The molecule has 0 unspecified atom stereocenters. The Hall–Kier alpha value is -1.40. The summed E-state index contributed by atoms with van der Waals surface area (Å²) in [6, 6.07) is 0.430. The number of aryl methyl sites for hydroxylation is 1. The molecule has 0 bridgehead atoms. The van der Waals surface area contributed by atoms with Crippen LogP contribution in [0.25, 0.3) is 0 Å². The molecule has 5 nitrogen and oxygen atoms in total. The molecule has 0 fully saturated rings. The molecule has 21 heavy (non-hydrogen) atoms. The van der Waals surface area contributed by atoms with Crippen molar-refractivity contribution in [3.05, 3.63) is 28.5 Å². The van der Waals surface area contributed by atoms with Crippen molar-refractivity contribution in [2.24, 2.45) is 0 Å². The fourth-order valence-corrected chi connectivity index (χ4v) is 3.70. The molecule has 2 aromatic heterocycles. The van der Waals surface area contributed by atoms with Crippen LogP contribution < -0.4 is 10.2 Å². The molecule has 0 saturated carbocycles. The first-order valence-electron chi connectivity index (χ1n) is 7.59. The highest BCUT2D eigenvalue weighted by Crippen LogP contribution is 2.30. The standard InChI is InChI=1S/C15H23N5S/c1-4-20-14-7-5-6-13(12(14)10-18-20)16-8-11-9-17-15(21-11)19(2)3/h9-10,13,16H,4-8H2,1-3H3/t13-/m0/s1. The highest BCUT2D eigenvalue weighted by molar-refractivity contribution is 7.15. The molecule has 6 heteroatoms. The summed E-state index contributed by atoms with van der Waals surface area (Å²) in [7, 11) is 4.06. The predicted octanol–water partition coefficient (Wildman–Crippen LogP) is 2.59. The zero-order valence-electron chi connectivity index (χ0n) is 13.0. The summed E-state index contributed by atoms with van der Waals surface area (Å²) < 4.78 is 2.14. The van der Waals surface area contributed by atoms with Gasteiger partial charge in [-0.1, -0.05) is 0 Å². The third kappa shape index (κ3) is 2.96. The lowest BCUT2D eigenvalue weighted by atomic mass is 9.93. The number of thiazole rings is 1. The quantitative estimate of drug-likeness (QED) is 0.922. The second-order valence-electron chi connectivity index (χ2n) is 5.69. The van der Waals surface area contributed by atoms with E-state index >= 15 is 0 Å². The van der Waals surface area contributed by atoms with Crippen molar-refractivity contribution in [1.82, 2.24) is 20.1 Å². The van der Waals surface area contributed by atoms with Gasteiger partial charge in [-0.05, 0) is 26.2 Å². The first kappa shape index (κ1) is 14.5. The van der Waals surface area contributed by atoms with Crippen LogP contribution in [0.3, 0.4) is 0 Å². The molecule has 0 saturated heterocycles. The fourth-order valence-electron chi connectivity index (χ4n) is 2.91. The van der Waals surface area contributed by atoms with Crippen molar-refractivity contribution in [1.29, 1.82) is 0 Å². The minimum Gasteiger partial charge on any atom is -0.354 e. The highest BCUT2D eigenvalue weighted by Gasteiger charge is 2.23. The monoisotopic (exact) mass is 305 g/mol. The van der Waals surface area contributed by atoms with E-state index in [1.54, 1.807) is 11.3 Å². The Morgan fingerprint density at radius 1 is 1.43 bits per heavy atom. The third-order valence-electron chi connectivity index (χ3n) is 4.01. The summed E-state index contributed by atoms with van der Waals surface area (Å²) in [5.74, 6) is 0. The fraction of sp³-hybridized carbons (Fsp3) is 0.600. The summed E-state index contributed by atoms with van der Waals surface area (Å²) in [6.07, 6.45) is 7.62. The van der Waals surface area contributed by atoms with Crippen molar-refractivity contribution in [2.75, 3.05) is 19.0 Å². The van der Waals surface area contributed by atoms with Crippen LogP contribution in [0.2, 0.25) is 0 Å². The molecule has 2 aromatic rings. The van der Waals surface area contributed by atoms with Gasteiger partial charge in [0.25, 0.3) is 0 Å². The van der Waals surface area contributed by atoms with Crippen molar-refractivity contribution in [3.63, 3.8) is 0 Å². The van der Waals surface area contributed by atoms with Crippen LogP contribution in [0.4, 0.5) is 5.13 Å². The Balaban J connectivity index is 1.67. The van der Waals surface area contributed by atoms with Crippen LogP contribution >= 0.6 is 11.3 Å². The molecule has 0 aliphatic heterocycles. The predicted molar refractivity (Wildman–Crippen MR) is 86.9 cm³/mol. The van der Waals surface area contributed by atoms with Crippen molar-refractivity contribution in [3.8, 4) is 0 Å². The van der Waals surface area contributed by atoms with Gasteiger partial charge in [0, 0.05) is 55.6 Å². The molecule has 1 aliphatic carbocycles. The van der Waals surface area contributed by atoms with Gasteiger partial charge in [0.05, 0.1) is 6.20 Å². The molecule has 0 amide bonds. The van der Waals surface area contributed by atoms with Gasteiger partial charge >= 0.3 is 0 Å². The van der Waals surface area contributed by atoms with E-state index in [0.29, 0.717) is 6.04 Å². The Morgan fingerprint density at radius 3 is 3.00 bits per heavy atom. The van der Waals surface area contributed by atoms with E-state index in [2.05, 4.69) is 31.9 Å². The van der Waals surface area contributed by atoms with E-state index in [-0.39, 0.29) is 0 Å². The number of hydrogen-bond donors (Lipinski definition) is 1. The number of hydrogen-bond acceptors (Lipinski definition) is 5. The number of rotatable bonds is 5. The Bertz CT molecular complexity index is 601. The van der Waals surface area contributed by atoms with Crippen molar-refractivity contribution in [2.45, 2.75) is 45.3 Å². The summed E-state index contributed by atoms with van der Waals surface area (Å²) in [6.45, 7) is 4.00. The number of fused-ring (bicyclic) bond motifs is 1. The van der Waals surface area contributed by atoms with E-state index in [1.165, 1.54) is 29.0 Å². The van der Waals surface area contributed by atoms with Crippen molar-refractivity contribution >= 4 is 16.5 Å². The maximum absolute atomic E-state index is 4.51. The van der Waals surface area contributed by atoms with Crippen LogP contribution in [0.5, 0.6) is 0 Å². The zero-order valence-corrected chi connectivity index (χ0v) is 13.8. The molecule has 0 radical (unpaired) electrons. The van der Waals surface area contributed by atoms with Crippen LogP contribution in [-0.2, 0) is 19.5 Å². The van der Waals surface area contributed by atoms with E-state index in [9.17, 15) is 0 Å². The van der Waals surface area contributed by atoms with E-state index in [1.807, 2.05) is 26.5 Å². The topological polar surface area (TPSA) is 46.0 Å². The first-order chi connectivity index (χ1) is 10.2. The SMILES string of the molecule is CCn1ncc2c1CCC[C@@H]2NCc1cnc(N(C)C)s1. The van der Waals surface area contributed by atoms with Gasteiger partial charge in [-0.25, -0.2) is 4.98 Å². The van der Waals surface area contributed by atoms with Crippen LogP contribution in [-0.4, -0.2) is 28.9 Å². The van der Waals surface area contributed by atoms with E-state index < -0.39 is 0 Å². The molecule has 1 aliphatic rings. The van der Waals surface area contributed by atoms with Crippen LogP contribution in [0.15, 0.2) is 12.4 Å². The first-order valence-corrected chi connectivity index (χ1v) is 8.40. The van der Waals surface area contributed by atoms with E-state index in [4.69, 9.17) is 0 Å². The summed E-state index contributed by atoms with van der Waals surface area (Å²) in [5.41, 5.74) is 2.81. The average Bonchev–Trinajstić information content (AvgIpc) is 3.11. The van der Waals surface area contributed by atoms with Gasteiger partial charge < -0.3 is 10.2 Å². The normalized spacial score (nSPS) is 17.8. The number of anilines is 1. The molecule has 3 rings (SSSR count). The third-order valence-corrected chi connectivity index (χ3v) is 5.17. The van der Waals surface area contributed by atoms with Gasteiger partial charge in [0.15, 0.2) is 5.13 Å². The summed E-state index contributed by atoms with van der Waals surface area (Å²) >= 11 is 1.75. The number of nitrogens with one attached hydrogen (secondary N) is 1. The lowest BCUT2D eigenvalue weighted by Crippen LogP contribution is -2.24. The zero-order chi connectivity index (χ0) is 14.8. The molecule has 114 valence electrons. The van der Waals surface area contributed by atoms with Gasteiger partial charge in [-0.2, -0.15) is 5.10 Å². The minimum atomic E-state index is 0.430. The lowest BCUT2D eigenvalue weighted by molar-refractivity contribution is 0.449. The largest absolute Gasteiger partial charge is 0.354 e. The van der Waals surface area contributed by atoms with E-state index in [0.717, 1.165) is 24.6 Å². The highest BCUT2D eigenvalue weighted by atomic mass is 32.1. The van der Waals surface area contributed by atoms with Gasteiger partial charge in [0.1, 0.15) is 0 Å². The molecular weight excluding hydrogens is 282 g/mol. The second kappa shape index (κ2) is 6.15. The summed E-state index contributed by atoms with van der Waals surface area (Å²) in [4.78, 5) is 7.77. The number of nitrogens with zero attached hydrogens (tertiary/aromatic N) is 4. The van der Waals surface area contributed by atoms with Crippen molar-refractivity contribution < 1.29 is 0 Å².